The third-order valence-electron chi connectivity index (χ3n) is 6.10. The highest BCUT2D eigenvalue weighted by atomic mass is 16.2. The highest BCUT2D eigenvalue weighted by molar-refractivity contribution is 5.92. The summed E-state index contributed by atoms with van der Waals surface area (Å²) in [7, 11) is 0. The monoisotopic (exact) mass is 343 g/mol. The molecule has 25 heavy (non-hydrogen) atoms. The van der Waals surface area contributed by atoms with Crippen molar-refractivity contribution < 1.29 is 4.79 Å². The van der Waals surface area contributed by atoms with E-state index in [0.29, 0.717) is 11.7 Å². The number of carbonyl (C=O) groups is 1. The van der Waals surface area contributed by atoms with Gasteiger partial charge in [-0.15, -0.1) is 0 Å². The minimum atomic E-state index is 0.0536. The van der Waals surface area contributed by atoms with Crippen LogP contribution >= 0.6 is 0 Å². The van der Waals surface area contributed by atoms with E-state index in [9.17, 15) is 4.79 Å². The van der Waals surface area contributed by atoms with Crippen molar-refractivity contribution in [1.29, 1.82) is 0 Å². The van der Waals surface area contributed by atoms with Gasteiger partial charge in [-0.25, -0.2) is 9.97 Å². The summed E-state index contributed by atoms with van der Waals surface area (Å²) in [6.07, 6.45) is 4.41. The van der Waals surface area contributed by atoms with Crippen LogP contribution in [0.1, 0.15) is 48.9 Å². The smallest absolute Gasteiger partial charge is 0.272 e. The molecule has 2 bridgehead atoms. The van der Waals surface area contributed by atoms with Gasteiger partial charge in [0, 0.05) is 50.9 Å². The fourth-order valence-electron chi connectivity index (χ4n) is 4.54. The lowest BCUT2D eigenvalue weighted by atomic mass is 9.83. The van der Waals surface area contributed by atoms with Gasteiger partial charge in [-0.3, -0.25) is 9.69 Å². The van der Waals surface area contributed by atoms with E-state index >= 15 is 0 Å². The number of hydrogen-bond acceptors (Lipinski definition) is 5. The van der Waals surface area contributed by atoms with E-state index < -0.39 is 0 Å². The molecule has 0 aromatic carbocycles. The Morgan fingerprint density at radius 1 is 1.12 bits per heavy atom. The molecule has 1 aromatic rings. The molecule has 136 valence electrons. The van der Waals surface area contributed by atoms with Gasteiger partial charge in [-0.1, -0.05) is 13.8 Å². The van der Waals surface area contributed by atoms with Gasteiger partial charge in [0.2, 0.25) is 0 Å². The van der Waals surface area contributed by atoms with E-state index in [1.807, 2.05) is 4.90 Å². The predicted octanol–water partition coefficient (Wildman–Crippen LogP) is 1.45. The minimum Gasteiger partial charge on any atom is -0.335 e. The molecular formula is C19H29N5O. The molecule has 4 fully saturated rings. The molecule has 0 unspecified atom stereocenters. The Hall–Kier alpha value is -1.53. The number of piperazine rings is 1. The molecule has 0 aliphatic carbocycles. The molecule has 0 saturated carbocycles. The van der Waals surface area contributed by atoms with Crippen LogP contribution in [0.2, 0.25) is 0 Å². The van der Waals surface area contributed by atoms with Crippen LogP contribution in [-0.4, -0.2) is 82.4 Å². The van der Waals surface area contributed by atoms with Crippen molar-refractivity contribution in [3.05, 3.63) is 23.8 Å². The molecule has 6 heteroatoms. The highest BCUT2D eigenvalue weighted by Gasteiger charge is 2.38. The summed E-state index contributed by atoms with van der Waals surface area (Å²) in [6.45, 7) is 11.5. The number of amides is 1. The second-order valence-electron chi connectivity index (χ2n) is 7.99. The fraction of sp³-hybridized carbons (Fsp3) is 0.737. The molecule has 1 amide bonds. The zero-order valence-corrected chi connectivity index (χ0v) is 15.4. The highest BCUT2D eigenvalue weighted by Crippen LogP contribution is 2.31. The molecule has 1 aromatic heterocycles. The van der Waals surface area contributed by atoms with Crippen molar-refractivity contribution in [2.75, 3.05) is 45.8 Å². The average molecular weight is 343 g/mol. The quantitative estimate of drug-likeness (QED) is 0.831. The maximum Gasteiger partial charge on any atom is 0.272 e. The Bertz CT molecular complexity index is 618. The van der Waals surface area contributed by atoms with E-state index in [0.717, 1.165) is 37.9 Å². The first-order valence-electron chi connectivity index (χ1n) is 9.70. The molecule has 1 atom stereocenters. The number of fused-ring (bicyclic) bond motifs is 3. The first-order valence-corrected chi connectivity index (χ1v) is 9.70. The van der Waals surface area contributed by atoms with Crippen LogP contribution in [-0.2, 0) is 0 Å². The van der Waals surface area contributed by atoms with Gasteiger partial charge in [-0.2, -0.15) is 0 Å². The van der Waals surface area contributed by atoms with Gasteiger partial charge < -0.3 is 9.80 Å². The van der Waals surface area contributed by atoms with Gasteiger partial charge in [0.25, 0.3) is 5.91 Å². The lowest BCUT2D eigenvalue weighted by Gasteiger charge is -2.50. The fourth-order valence-corrected chi connectivity index (χ4v) is 4.54. The maximum atomic E-state index is 12.8. The summed E-state index contributed by atoms with van der Waals surface area (Å²) < 4.78 is 0. The number of carbonyl (C=O) groups excluding carboxylic acids is 1. The standard InChI is InChI=1S/C19H29N5O/c1-14(2)18-20-6-3-16(21-18)19(25)24-11-9-23(10-12-24)17-13-22-7-4-15(17)5-8-22/h3,6,14-15,17H,4-5,7-13H2,1-2H3/t17-/m1/s1. The number of nitrogens with zero attached hydrogens (tertiary/aromatic N) is 5. The maximum absolute atomic E-state index is 12.8. The van der Waals surface area contributed by atoms with E-state index in [1.165, 1.54) is 32.5 Å². The Morgan fingerprint density at radius 3 is 2.44 bits per heavy atom. The molecule has 4 aliphatic heterocycles. The van der Waals surface area contributed by atoms with Crippen molar-refractivity contribution in [1.82, 2.24) is 24.7 Å². The summed E-state index contributed by atoms with van der Waals surface area (Å²) >= 11 is 0. The van der Waals surface area contributed by atoms with Gasteiger partial charge in [0.15, 0.2) is 0 Å². The van der Waals surface area contributed by atoms with Crippen LogP contribution in [0, 0.1) is 5.92 Å². The number of rotatable bonds is 3. The molecule has 4 aliphatic rings. The zero-order valence-electron chi connectivity index (χ0n) is 15.4. The van der Waals surface area contributed by atoms with E-state index in [4.69, 9.17) is 0 Å². The average Bonchev–Trinajstić information content (AvgIpc) is 2.68. The Kier molecular flexibility index (Phi) is 4.73. The van der Waals surface area contributed by atoms with E-state index in [1.54, 1.807) is 12.3 Å². The van der Waals surface area contributed by atoms with Crippen molar-refractivity contribution in [2.24, 2.45) is 5.92 Å². The van der Waals surface area contributed by atoms with Gasteiger partial charge in [-0.05, 0) is 37.9 Å². The number of piperidine rings is 3. The summed E-state index contributed by atoms with van der Waals surface area (Å²) in [5.74, 6) is 1.90. The molecular weight excluding hydrogens is 314 g/mol. The lowest BCUT2D eigenvalue weighted by molar-refractivity contribution is -0.0131. The van der Waals surface area contributed by atoms with E-state index in [-0.39, 0.29) is 11.8 Å². The van der Waals surface area contributed by atoms with Gasteiger partial charge >= 0.3 is 0 Å². The molecule has 0 N–H and O–H groups in total. The molecule has 5 rings (SSSR count). The third-order valence-corrected chi connectivity index (χ3v) is 6.10. The first-order chi connectivity index (χ1) is 12.1. The first kappa shape index (κ1) is 16.9. The summed E-state index contributed by atoms with van der Waals surface area (Å²) in [5, 5.41) is 0. The predicted molar refractivity (Wildman–Crippen MR) is 96.5 cm³/mol. The molecule has 6 nitrogen and oxygen atoms in total. The molecule has 0 radical (unpaired) electrons. The lowest BCUT2D eigenvalue weighted by Crippen LogP contribution is -2.61. The Balaban J connectivity index is 1.37. The molecule has 4 saturated heterocycles. The second-order valence-corrected chi connectivity index (χ2v) is 7.99. The van der Waals surface area contributed by atoms with Crippen molar-refractivity contribution in [2.45, 2.75) is 38.6 Å². The van der Waals surface area contributed by atoms with Gasteiger partial charge in [0.1, 0.15) is 11.5 Å². The SMILES string of the molecule is CC(C)c1nccc(C(=O)N2CCN([C@@H]3CN4CCC3CC4)CC2)n1. The van der Waals surface area contributed by atoms with E-state index in [2.05, 4.69) is 33.6 Å². The summed E-state index contributed by atoms with van der Waals surface area (Å²) in [6, 6.07) is 2.44. The van der Waals surface area contributed by atoms with Crippen molar-refractivity contribution >= 4 is 5.91 Å². The third kappa shape index (κ3) is 3.42. The van der Waals surface area contributed by atoms with Crippen molar-refractivity contribution in [3.8, 4) is 0 Å². The number of hydrogen-bond donors (Lipinski definition) is 0. The zero-order chi connectivity index (χ0) is 17.4. The van der Waals surface area contributed by atoms with Crippen LogP contribution in [0.5, 0.6) is 0 Å². The minimum absolute atomic E-state index is 0.0536. The van der Waals surface area contributed by atoms with Crippen molar-refractivity contribution in [3.63, 3.8) is 0 Å². The molecule has 5 heterocycles. The van der Waals surface area contributed by atoms with Crippen LogP contribution in [0.3, 0.4) is 0 Å². The van der Waals surface area contributed by atoms with Crippen LogP contribution in [0.25, 0.3) is 0 Å². The molecule has 0 spiro atoms. The summed E-state index contributed by atoms with van der Waals surface area (Å²) in [5.41, 5.74) is 0.537. The topological polar surface area (TPSA) is 52.6 Å². The Labute approximate surface area is 150 Å². The summed E-state index contributed by atoms with van der Waals surface area (Å²) in [4.78, 5) is 28.7. The normalized spacial score (nSPS) is 30.0. The van der Waals surface area contributed by atoms with Crippen LogP contribution in [0.4, 0.5) is 0 Å². The Morgan fingerprint density at radius 2 is 1.84 bits per heavy atom. The van der Waals surface area contributed by atoms with Crippen LogP contribution < -0.4 is 0 Å². The van der Waals surface area contributed by atoms with Crippen LogP contribution in [0.15, 0.2) is 12.3 Å². The second kappa shape index (κ2) is 7.00. The number of aromatic nitrogens is 2. The largest absolute Gasteiger partial charge is 0.335 e. The van der Waals surface area contributed by atoms with Gasteiger partial charge in [0.05, 0.1) is 0 Å².